The molecule has 0 bridgehead atoms. The maximum atomic E-state index is 11.3. The Morgan fingerprint density at radius 1 is 1.47 bits per heavy atom. The number of hydrogen-bond donors (Lipinski definition) is 0. The molecular formula is C12H15ClN2O4. The number of nitro groups is 1. The maximum Gasteiger partial charge on any atom is 0.273 e. The second kappa shape index (κ2) is 6.94. The quantitative estimate of drug-likeness (QED) is 0.457. The normalized spacial score (nSPS) is 10.1. The van der Waals surface area contributed by atoms with E-state index < -0.39 is 4.92 Å². The highest BCUT2D eigenvalue weighted by molar-refractivity contribution is 6.32. The Labute approximate surface area is 116 Å². The lowest BCUT2D eigenvalue weighted by Crippen LogP contribution is -2.21. The van der Waals surface area contributed by atoms with Gasteiger partial charge in [0.15, 0.2) is 0 Å². The van der Waals surface area contributed by atoms with Crippen molar-refractivity contribution in [2.24, 2.45) is 0 Å². The molecule has 6 nitrogen and oxygen atoms in total. The van der Waals surface area contributed by atoms with Gasteiger partial charge in [-0.2, -0.15) is 0 Å². The van der Waals surface area contributed by atoms with Gasteiger partial charge in [0.1, 0.15) is 5.75 Å². The van der Waals surface area contributed by atoms with Crippen LogP contribution >= 0.6 is 11.6 Å². The third-order valence-electron chi connectivity index (χ3n) is 2.42. The van der Waals surface area contributed by atoms with Crippen LogP contribution in [-0.4, -0.2) is 36.4 Å². The number of carbonyl (C=O) groups is 1. The van der Waals surface area contributed by atoms with Crippen LogP contribution in [0.5, 0.6) is 5.75 Å². The molecule has 1 aromatic rings. The van der Waals surface area contributed by atoms with Gasteiger partial charge in [0.2, 0.25) is 5.91 Å². The highest BCUT2D eigenvalue weighted by Crippen LogP contribution is 2.28. The summed E-state index contributed by atoms with van der Waals surface area (Å²) in [6.07, 6.45) is 0.885. The molecule has 0 saturated carbocycles. The molecular weight excluding hydrogens is 272 g/mol. The van der Waals surface area contributed by atoms with E-state index in [2.05, 4.69) is 0 Å². The van der Waals surface area contributed by atoms with Crippen LogP contribution in [-0.2, 0) is 4.79 Å². The molecule has 19 heavy (non-hydrogen) atoms. The number of rotatable bonds is 6. The molecule has 104 valence electrons. The minimum atomic E-state index is -0.515. The molecule has 1 rings (SSSR count). The van der Waals surface area contributed by atoms with Crippen molar-refractivity contribution in [2.45, 2.75) is 12.8 Å². The number of carbonyl (C=O) groups excluding carboxylic acids is 1. The number of ether oxygens (including phenoxy) is 1. The molecule has 0 unspecified atom stereocenters. The van der Waals surface area contributed by atoms with Crippen LogP contribution in [0, 0.1) is 10.1 Å². The smallest absolute Gasteiger partial charge is 0.273 e. The summed E-state index contributed by atoms with van der Waals surface area (Å²) in [5, 5.41) is 10.9. The molecule has 0 atom stereocenters. The van der Waals surface area contributed by atoms with Crippen LogP contribution in [0.25, 0.3) is 0 Å². The van der Waals surface area contributed by atoms with Crippen molar-refractivity contribution >= 4 is 23.2 Å². The average Bonchev–Trinajstić information content (AvgIpc) is 2.35. The molecule has 0 N–H and O–H groups in total. The lowest BCUT2D eigenvalue weighted by atomic mass is 10.3. The molecule has 0 aliphatic carbocycles. The van der Waals surface area contributed by atoms with E-state index in [0.717, 1.165) is 0 Å². The summed E-state index contributed by atoms with van der Waals surface area (Å²) in [6, 6.07) is 4.00. The molecule has 1 amide bonds. The molecule has 7 heteroatoms. The van der Waals surface area contributed by atoms with Crippen LogP contribution in [0.15, 0.2) is 18.2 Å². The van der Waals surface area contributed by atoms with Gasteiger partial charge in [-0.25, -0.2) is 0 Å². The molecule has 0 aromatic heterocycles. The zero-order chi connectivity index (χ0) is 14.4. The first-order valence-electron chi connectivity index (χ1n) is 5.68. The van der Waals surface area contributed by atoms with Crippen molar-refractivity contribution in [1.82, 2.24) is 4.90 Å². The van der Waals surface area contributed by atoms with E-state index >= 15 is 0 Å². The SMILES string of the molecule is CN(C)C(=O)CCCOc1cc([N+](=O)[O-])ccc1Cl. The Morgan fingerprint density at radius 2 is 2.16 bits per heavy atom. The second-order valence-electron chi connectivity index (χ2n) is 4.11. The van der Waals surface area contributed by atoms with Gasteiger partial charge in [0, 0.05) is 26.6 Å². The molecule has 1 aromatic carbocycles. The minimum absolute atomic E-state index is 0.00809. The van der Waals surface area contributed by atoms with Gasteiger partial charge in [-0.15, -0.1) is 0 Å². The van der Waals surface area contributed by atoms with Crippen molar-refractivity contribution in [2.75, 3.05) is 20.7 Å². The fourth-order valence-electron chi connectivity index (χ4n) is 1.35. The molecule has 0 fully saturated rings. The average molecular weight is 287 g/mol. The Kier molecular flexibility index (Phi) is 5.57. The fraction of sp³-hybridized carbons (Fsp3) is 0.417. The van der Waals surface area contributed by atoms with Gasteiger partial charge in [-0.05, 0) is 12.5 Å². The van der Waals surface area contributed by atoms with E-state index in [1.807, 2.05) is 0 Å². The first-order valence-corrected chi connectivity index (χ1v) is 6.06. The number of amides is 1. The van der Waals surface area contributed by atoms with Gasteiger partial charge in [0.05, 0.1) is 22.6 Å². The topological polar surface area (TPSA) is 72.7 Å². The van der Waals surface area contributed by atoms with Crippen molar-refractivity contribution in [3.8, 4) is 5.75 Å². The summed E-state index contributed by atoms with van der Waals surface area (Å²) in [5.41, 5.74) is -0.0798. The second-order valence-corrected chi connectivity index (χ2v) is 4.52. The summed E-state index contributed by atoms with van der Waals surface area (Å²) in [7, 11) is 3.36. The van der Waals surface area contributed by atoms with Crippen LogP contribution in [0.2, 0.25) is 5.02 Å². The number of non-ortho nitro benzene ring substituents is 1. The van der Waals surface area contributed by atoms with Crippen molar-refractivity contribution in [3.05, 3.63) is 33.3 Å². The predicted octanol–water partition coefficient (Wildman–Crippen LogP) is 2.50. The number of nitro benzene ring substituents is 1. The predicted molar refractivity (Wildman–Crippen MR) is 71.5 cm³/mol. The Bertz CT molecular complexity index is 477. The lowest BCUT2D eigenvalue weighted by Gasteiger charge is -2.11. The summed E-state index contributed by atoms with van der Waals surface area (Å²) >= 11 is 5.87. The molecule has 0 saturated heterocycles. The van der Waals surface area contributed by atoms with Gasteiger partial charge < -0.3 is 9.64 Å². The summed E-state index contributed by atoms with van der Waals surface area (Å²) in [4.78, 5) is 22.9. The molecule has 0 aliphatic heterocycles. The Hall–Kier alpha value is -1.82. The largest absolute Gasteiger partial charge is 0.492 e. The van der Waals surface area contributed by atoms with E-state index in [9.17, 15) is 14.9 Å². The van der Waals surface area contributed by atoms with Crippen molar-refractivity contribution < 1.29 is 14.5 Å². The Morgan fingerprint density at radius 3 is 2.74 bits per heavy atom. The van der Waals surface area contributed by atoms with Gasteiger partial charge >= 0.3 is 0 Å². The minimum Gasteiger partial charge on any atom is -0.492 e. The number of halogens is 1. The standard InChI is InChI=1S/C12H15ClN2O4/c1-14(2)12(16)4-3-7-19-11-8-9(15(17)18)5-6-10(11)13/h5-6,8H,3-4,7H2,1-2H3. The Balaban J connectivity index is 2.51. The third kappa shape index (κ3) is 4.75. The van der Waals surface area contributed by atoms with Crippen LogP contribution in [0.4, 0.5) is 5.69 Å². The van der Waals surface area contributed by atoms with Crippen molar-refractivity contribution in [1.29, 1.82) is 0 Å². The fourth-order valence-corrected chi connectivity index (χ4v) is 1.52. The first kappa shape index (κ1) is 15.2. The highest BCUT2D eigenvalue weighted by atomic mass is 35.5. The zero-order valence-electron chi connectivity index (χ0n) is 10.8. The summed E-state index contributed by atoms with van der Waals surface area (Å²) < 4.78 is 5.35. The van der Waals surface area contributed by atoms with Crippen LogP contribution < -0.4 is 4.74 Å². The van der Waals surface area contributed by atoms with Crippen molar-refractivity contribution in [3.63, 3.8) is 0 Å². The molecule has 0 aliphatic rings. The summed E-state index contributed by atoms with van der Waals surface area (Å²) in [6.45, 7) is 0.278. The van der Waals surface area contributed by atoms with Crippen LogP contribution in [0.3, 0.4) is 0 Å². The molecule has 0 heterocycles. The van der Waals surface area contributed by atoms with E-state index in [0.29, 0.717) is 17.9 Å². The van der Waals surface area contributed by atoms with Gasteiger partial charge in [0.25, 0.3) is 5.69 Å². The van der Waals surface area contributed by atoms with E-state index in [1.54, 1.807) is 14.1 Å². The van der Waals surface area contributed by atoms with Gasteiger partial charge in [-0.3, -0.25) is 14.9 Å². The summed E-state index contributed by atoms with van der Waals surface area (Å²) in [5.74, 6) is 0.266. The number of nitrogens with zero attached hydrogens (tertiary/aromatic N) is 2. The van der Waals surface area contributed by atoms with E-state index in [1.165, 1.54) is 23.1 Å². The highest BCUT2D eigenvalue weighted by Gasteiger charge is 2.11. The number of benzene rings is 1. The molecule has 0 spiro atoms. The van der Waals surface area contributed by atoms with Crippen LogP contribution in [0.1, 0.15) is 12.8 Å². The lowest BCUT2D eigenvalue weighted by molar-refractivity contribution is -0.384. The zero-order valence-corrected chi connectivity index (χ0v) is 11.5. The monoisotopic (exact) mass is 286 g/mol. The third-order valence-corrected chi connectivity index (χ3v) is 2.73. The van der Waals surface area contributed by atoms with E-state index in [-0.39, 0.29) is 24.0 Å². The van der Waals surface area contributed by atoms with E-state index in [4.69, 9.17) is 16.3 Å². The number of hydrogen-bond acceptors (Lipinski definition) is 4. The maximum absolute atomic E-state index is 11.3. The molecule has 0 radical (unpaired) electrons. The first-order chi connectivity index (χ1) is 8.91. The van der Waals surface area contributed by atoms with Gasteiger partial charge in [-0.1, -0.05) is 11.6 Å².